The highest BCUT2D eigenvalue weighted by Crippen LogP contribution is 2.25. The van der Waals surface area contributed by atoms with Gasteiger partial charge in [0.1, 0.15) is 0 Å². The molecule has 0 saturated carbocycles. The van der Waals surface area contributed by atoms with Crippen molar-refractivity contribution in [2.24, 2.45) is 0 Å². The molecule has 5 heteroatoms. The van der Waals surface area contributed by atoms with Gasteiger partial charge in [-0.25, -0.2) is 4.79 Å². The number of hydrogen-bond acceptors (Lipinski definition) is 3. The Hall–Kier alpha value is -3.99. The zero-order chi connectivity index (χ0) is 19.9. The molecule has 0 aromatic heterocycles. The van der Waals surface area contributed by atoms with E-state index < -0.39 is 5.97 Å². The fraction of sp³-hybridized carbons (Fsp3) is 0. The molecule has 0 aliphatic heterocycles. The summed E-state index contributed by atoms with van der Waals surface area (Å²) in [6.07, 6.45) is 2.11. The monoisotopic (exact) mass is 371 g/mol. The van der Waals surface area contributed by atoms with Crippen molar-refractivity contribution in [3.05, 3.63) is 101 Å². The van der Waals surface area contributed by atoms with Crippen LogP contribution in [0.25, 0.3) is 17.2 Å². The van der Waals surface area contributed by atoms with Crippen LogP contribution in [-0.4, -0.2) is 23.3 Å². The predicted octanol–water partition coefficient (Wildman–Crippen LogP) is 4.02. The second kappa shape index (κ2) is 8.60. The van der Waals surface area contributed by atoms with Crippen LogP contribution < -0.4 is 5.32 Å². The number of carboxylic acids is 1. The predicted molar refractivity (Wildman–Crippen MR) is 107 cm³/mol. The molecule has 3 aromatic carbocycles. The van der Waals surface area contributed by atoms with E-state index in [-0.39, 0.29) is 17.2 Å². The number of amides is 1. The number of carbonyl (C=O) groups excluding carboxylic acids is 2. The zero-order valence-corrected chi connectivity index (χ0v) is 14.8. The maximum Gasteiger partial charge on any atom is 0.336 e. The standard InChI is InChI=1S/C23H17NO4/c25-15-19(24-22(26)17-8-2-1-3-9-17)14-16-7-6-10-18(13-16)20-11-4-5-12-21(20)23(27)28/h1-15H,(H,24,26)(H,27,28)/b19-14-. The Kier molecular flexibility index (Phi) is 5.77. The third-order valence-electron chi connectivity index (χ3n) is 4.10. The molecule has 0 atom stereocenters. The van der Waals surface area contributed by atoms with E-state index in [1.807, 2.05) is 0 Å². The van der Waals surface area contributed by atoms with Gasteiger partial charge >= 0.3 is 5.97 Å². The van der Waals surface area contributed by atoms with Crippen molar-refractivity contribution in [2.75, 3.05) is 0 Å². The van der Waals surface area contributed by atoms with Crippen molar-refractivity contribution in [3.63, 3.8) is 0 Å². The smallest absolute Gasteiger partial charge is 0.336 e. The Morgan fingerprint density at radius 2 is 1.57 bits per heavy atom. The van der Waals surface area contributed by atoms with Crippen LogP contribution >= 0.6 is 0 Å². The van der Waals surface area contributed by atoms with Crippen molar-refractivity contribution < 1.29 is 19.5 Å². The molecule has 0 aliphatic rings. The molecule has 0 saturated heterocycles. The molecule has 0 bridgehead atoms. The first kappa shape index (κ1) is 18.8. The second-order valence-corrected chi connectivity index (χ2v) is 6.01. The molecule has 0 aliphatic carbocycles. The zero-order valence-electron chi connectivity index (χ0n) is 14.8. The maximum absolute atomic E-state index is 12.2. The number of carboxylic acid groups (broad SMARTS) is 1. The van der Waals surface area contributed by atoms with Crippen LogP contribution in [0.1, 0.15) is 26.3 Å². The molecule has 0 unspecified atom stereocenters. The lowest BCUT2D eigenvalue weighted by atomic mass is 9.98. The molecular formula is C23H17NO4. The summed E-state index contributed by atoms with van der Waals surface area (Å²) in [6.45, 7) is 0. The van der Waals surface area contributed by atoms with Crippen LogP contribution in [0.15, 0.2) is 84.6 Å². The summed E-state index contributed by atoms with van der Waals surface area (Å²) in [7, 11) is 0. The SMILES string of the molecule is O=C/C(=C/c1cccc(-c2ccccc2C(=O)O)c1)NC(=O)c1ccccc1. The third-order valence-corrected chi connectivity index (χ3v) is 4.10. The van der Waals surface area contributed by atoms with E-state index >= 15 is 0 Å². The van der Waals surface area contributed by atoms with Crippen LogP contribution in [0.2, 0.25) is 0 Å². The summed E-state index contributed by atoms with van der Waals surface area (Å²) in [5, 5.41) is 12.0. The van der Waals surface area contributed by atoms with Crippen molar-refractivity contribution in [1.82, 2.24) is 5.32 Å². The fourth-order valence-corrected chi connectivity index (χ4v) is 2.79. The number of aromatic carboxylic acids is 1. The molecule has 138 valence electrons. The minimum Gasteiger partial charge on any atom is -0.478 e. The molecule has 0 heterocycles. The van der Waals surface area contributed by atoms with E-state index in [0.29, 0.717) is 28.5 Å². The van der Waals surface area contributed by atoms with E-state index in [0.717, 1.165) is 0 Å². The highest BCUT2D eigenvalue weighted by molar-refractivity contribution is 6.00. The molecule has 5 nitrogen and oxygen atoms in total. The van der Waals surface area contributed by atoms with Crippen molar-refractivity contribution in [1.29, 1.82) is 0 Å². The molecule has 0 radical (unpaired) electrons. The topological polar surface area (TPSA) is 83.5 Å². The van der Waals surface area contributed by atoms with Gasteiger partial charge in [0.05, 0.1) is 11.3 Å². The average molecular weight is 371 g/mol. The van der Waals surface area contributed by atoms with Gasteiger partial charge < -0.3 is 10.4 Å². The van der Waals surface area contributed by atoms with Gasteiger partial charge in [-0.05, 0) is 47.0 Å². The van der Waals surface area contributed by atoms with E-state index in [1.54, 1.807) is 78.9 Å². The highest BCUT2D eigenvalue weighted by Gasteiger charge is 2.11. The molecule has 28 heavy (non-hydrogen) atoms. The van der Waals surface area contributed by atoms with Gasteiger partial charge in [-0.2, -0.15) is 0 Å². The molecule has 2 N–H and O–H groups in total. The second-order valence-electron chi connectivity index (χ2n) is 6.01. The maximum atomic E-state index is 12.2. The number of nitrogens with one attached hydrogen (secondary N) is 1. The lowest BCUT2D eigenvalue weighted by Gasteiger charge is -2.08. The van der Waals surface area contributed by atoms with E-state index in [1.165, 1.54) is 6.07 Å². The van der Waals surface area contributed by atoms with Gasteiger partial charge in [-0.15, -0.1) is 0 Å². The van der Waals surface area contributed by atoms with E-state index in [2.05, 4.69) is 5.32 Å². The van der Waals surface area contributed by atoms with Gasteiger partial charge in [0.2, 0.25) is 0 Å². The van der Waals surface area contributed by atoms with Gasteiger partial charge in [0, 0.05) is 5.56 Å². The summed E-state index contributed by atoms with van der Waals surface area (Å²) < 4.78 is 0. The molecule has 3 rings (SSSR count). The number of rotatable bonds is 6. The highest BCUT2D eigenvalue weighted by atomic mass is 16.4. The molecule has 3 aromatic rings. The lowest BCUT2D eigenvalue weighted by Crippen LogP contribution is -2.23. The van der Waals surface area contributed by atoms with Gasteiger partial charge in [-0.1, -0.05) is 54.6 Å². The number of carbonyl (C=O) groups is 3. The van der Waals surface area contributed by atoms with Crippen LogP contribution in [0, 0.1) is 0 Å². The molecule has 1 amide bonds. The Labute approximate surface area is 162 Å². The average Bonchev–Trinajstić information content (AvgIpc) is 2.74. The van der Waals surface area contributed by atoms with E-state index in [4.69, 9.17) is 0 Å². The molecule has 0 fully saturated rings. The Morgan fingerprint density at radius 3 is 2.29 bits per heavy atom. The summed E-state index contributed by atoms with van der Waals surface area (Å²) in [5.41, 5.74) is 2.68. The largest absolute Gasteiger partial charge is 0.478 e. The molecular weight excluding hydrogens is 354 g/mol. The minimum absolute atomic E-state index is 0.109. The number of hydrogen-bond donors (Lipinski definition) is 2. The Balaban J connectivity index is 1.90. The van der Waals surface area contributed by atoms with Gasteiger partial charge in [-0.3, -0.25) is 9.59 Å². The molecule has 0 spiro atoms. The summed E-state index contributed by atoms with van der Waals surface area (Å²) in [6, 6.07) is 22.4. The van der Waals surface area contributed by atoms with Crippen LogP contribution in [0.3, 0.4) is 0 Å². The first-order chi connectivity index (χ1) is 13.6. The Morgan fingerprint density at radius 1 is 0.857 bits per heavy atom. The first-order valence-electron chi connectivity index (χ1n) is 8.54. The van der Waals surface area contributed by atoms with Crippen LogP contribution in [0.5, 0.6) is 0 Å². The fourth-order valence-electron chi connectivity index (χ4n) is 2.79. The first-order valence-corrected chi connectivity index (χ1v) is 8.54. The Bertz CT molecular complexity index is 1050. The van der Waals surface area contributed by atoms with Crippen molar-refractivity contribution in [3.8, 4) is 11.1 Å². The van der Waals surface area contributed by atoms with Crippen LogP contribution in [0.4, 0.5) is 0 Å². The number of benzene rings is 3. The quantitative estimate of drug-likeness (QED) is 0.506. The van der Waals surface area contributed by atoms with Crippen LogP contribution in [-0.2, 0) is 4.79 Å². The van der Waals surface area contributed by atoms with E-state index in [9.17, 15) is 19.5 Å². The van der Waals surface area contributed by atoms with Crippen molar-refractivity contribution >= 4 is 24.2 Å². The number of aldehydes is 1. The van der Waals surface area contributed by atoms with Gasteiger partial charge in [0.15, 0.2) is 6.29 Å². The van der Waals surface area contributed by atoms with Gasteiger partial charge in [0.25, 0.3) is 5.91 Å². The summed E-state index contributed by atoms with van der Waals surface area (Å²) in [5.74, 6) is -1.40. The lowest BCUT2D eigenvalue weighted by molar-refractivity contribution is -0.105. The third kappa shape index (κ3) is 4.40. The summed E-state index contributed by atoms with van der Waals surface area (Å²) in [4.78, 5) is 35.1. The summed E-state index contributed by atoms with van der Waals surface area (Å²) >= 11 is 0. The van der Waals surface area contributed by atoms with Crippen molar-refractivity contribution in [2.45, 2.75) is 0 Å². The minimum atomic E-state index is -1.01. The number of allylic oxidation sites excluding steroid dienone is 1. The normalized spacial score (nSPS) is 10.9.